The van der Waals surface area contributed by atoms with E-state index in [9.17, 15) is 0 Å². The summed E-state index contributed by atoms with van der Waals surface area (Å²) < 4.78 is 0. The van der Waals surface area contributed by atoms with Crippen molar-refractivity contribution in [2.24, 2.45) is 0 Å². The monoisotopic (exact) mass is 252 g/mol. The van der Waals surface area contributed by atoms with Crippen LogP contribution in [0.25, 0.3) is 0 Å². The predicted octanol–water partition coefficient (Wildman–Crippen LogP) is 3.59. The topological polar surface area (TPSA) is 38.9 Å². The summed E-state index contributed by atoms with van der Waals surface area (Å²) in [5.74, 6) is 0. The zero-order chi connectivity index (χ0) is 11.7. The van der Waals surface area contributed by atoms with E-state index in [0.29, 0.717) is 5.69 Å². The molecule has 2 N–H and O–H groups in total. The zero-order valence-corrected chi connectivity index (χ0v) is 10.8. The molecule has 2 rings (SSSR count). The largest absolute Gasteiger partial charge is 0.399 e. The lowest BCUT2D eigenvalue weighted by Gasteiger charge is -2.04. The molecule has 1 aromatic heterocycles. The normalized spacial score (nSPS) is 10.7. The summed E-state index contributed by atoms with van der Waals surface area (Å²) in [4.78, 5) is 5.67. The van der Waals surface area contributed by atoms with Gasteiger partial charge in [0.1, 0.15) is 0 Å². The van der Waals surface area contributed by atoms with Crippen LogP contribution in [0, 0.1) is 13.8 Å². The summed E-state index contributed by atoms with van der Waals surface area (Å²) in [5, 5.41) is 1.82. The smallest absolute Gasteiger partial charge is 0.0900 e. The van der Waals surface area contributed by atoms with Gasteiger partial charge in [0.25, 0.3) is 0 Å². The molecular formula is C12H13ClN2S. The number of hydrogen-bond donors (Lipinski definition) is 1. The van der Waals surface area contributed by atoms with Gasteiger partial charge in [-0.1, -0.05) is 17.7 Å². The quantitative estimate of drug-likeness (QED) is 0.830. The minimum absolute atomic E-state index is 0.700. The summed E-state index contributed by atoms with van der Waals surface area (Å²) in [7, 11) is 0. The van der Waals surface area contributed by atoms with Gasteiger partial charge < -0.3 is 5.73 Å². The molecule has 2 nitrogen and oxygen atoms in total. The fraction of sp³-hybridized carbons (Fsp3) is 0.250. The molecule has 0 saturated heterocycles. The summed E-state index contributed by atoms with van der Waals surface area (Å²) >= 11 is 7.86. The highest BCUT2D eigenvalue weighted by Crippen LogP contribution is 2.26. The highest BCUT2D eigenvalue weighted by molar-refractivity contribution is 7.11. The number of aromatic nitrogens is 1. The minimum atomic E-state index is 0.700. The third-order valence-electron chi connectivity index (χ3n) is 2.43. The van der Waals surface area contributed by atoms with Gasteiger partial charge in [-0.2, -0.15) is 0 Å². The van der Waals surface area contributed by atoms with Crippen molar-refractivity contribution < 1.29 is 0 Å². The number of thiazole rings is 1. The van der Waals surface area contributed by atoms with Crippen molar-refractivity contribution in [3.05, 3.63) is 44.4 Å². The molecule has 0 fully saturated rings. The molecule has 1 aromatic carbocycles. The Morgan fingerprint density at radius 2 is 2.12 bits per heavy atom. The van der Waals surface area contributed by atoms with Crippen LogP contribution in [-0.4, -0.2) is 4.98 Å². The molecule has 0 spiro atoms. The fourth-order valence-electron chi connectivity index (χ4n) is 1.62. The van der Waals surface area contributed by atoms with Crippen LogP contribution in [0.15, 0.2) is 18.2 Å². The first-order valence-corrected chi connectivity index (χ1v) is 6.22. The van der Waals surface area contributed by atoms with Crippen LogP contribution in [0.2, 0.25) is 5.02 Å². The summed E-state index contributed by atoms with van der Waals surface area (Å²) in [6.07, 6.45) is 0.830. The maximum Gasteiger partial charge on any atom is 0.0900 e. The number of halogens is 1. The first-order chi connectivity index (χ1) is 7.56. The average Bonchev–Trinajstić information content (AvgIpc) is 2.50. The van der Waals surface area contributed by atoms with Gasteiger partial charge in [0.15, 0.2) is 0 Å². The Hall–Kier alpha value is -1.06. The van der Waals surface area contributed by atoms with E-state index >= 15 is 0 Å². The molecular weight excluding hydrogens is 240 g/mol. The van der Waals surface area contributed by atoms with Gasteiger partial charge in [0.2, 0.25) is 0 Å². The van der Waals surface area contributed by atoms with Crippen LogP contribution in [0.3, 0.4) is 0 Å². The Balaban J connectivity index is 2.30. The molecule has 0 aliphatic rings. The lowest BCUT2D eigenvalue weighted by Crippen LogP contribution is -1.91. The molecule has 2 aromatic rings. The van der Waals surface area contributed by atoms with Gasteiger partial charge in [-0.05, 0) is 31.5 Å². The maximum absolute atomic E-state index is 6.14. The Bertz CT molecular complexity index is 520. The van der Waals surface area contributed by atoms with Gasteiger partial charge in [-0.15, -0.1) is 11.3 Å². The van der Waals surface area contributed by atoms with Gasteiger partial charge in [0, 0.05) is 22.0 Å². The molecule has 4 heteroatoms. The van der Waals surface area contributed by atoms with Crippen LogP contribution in [0.1, 0.15) is 21.1 Å². The third kappa shape index (κ3) is 2.36. The van der Waals surface area contributed by atoms with Crippen molar-refractivity contribution in [2.75, 3.05) is 5.73 Å². The second-order valence-electron chi connectivity index (χ2n) is 3.77. The molecule has 0 bridgehead atoms. The zero-order valence-electron chi connectivity index (χ0n) is 9.25. The predicted molar refractivity (Wildman–Crippen MR) is 70.3 cm³/mol. The molecule has 84 valence electrons. The minimum Gasteiger partial charge on any atom is -0.399 e. The van der Waals surface area contributed by atoms with Crippen molar-refractivity contribution in [2.45, 2.75) is 20.3 Å². The van der Waals surface area contributed by atoms with Crippen molar-refractivity contribution in [1.29, 1.82) is 0 Å². The van der Waals surface area contributed by atoms with E-state index in [1.165, 1.54) is 4.88 Å². The lowest BCUT2D eigenvalue weighted by molar-refractivity contribution is 1.13. The molecule has 16 heavy (non-hydrogen) atoms. The summed E-state index contributed by atoms with van der Waals surface area (Å²) in [6, 6.07) is 5.65. The second kappa shape index (κ2) is 4.44. The van der Waals surface area contributed by atoms with Crippen molar-refractivity contribution in [3.63, 3.8) is 0 Å². The van der Waals surface area contributed by atoms with Crippen LogP contribution < -0.4 is 5.73 Å². The Morgan fingerprint density at radius 1 is 1.38 bits per heavy atom. The van der Waals surface area contributed by atoms with Gasteiger partial charge in [0.05, 0.1) is 10.7 Å². The van der Waals surface area contributed by atoms with E-state index in [4.69, 9.17) is 17.3 Å². The Kier molecular flexibility index (Phi) is 3.17. The second-order valence-corrected chi connectivity index (χ2v) is 5.46. The van der Waals surface area contributed by atoms with Gasteiger partial charge >= 0.3 is 0 Å². The highest BCUT2D eigenvalue weighted by atomic mass is 35.5. The van der Waals surface area contributed by atoms with Crippen LogP contribution >= 0.6 is 22.9 Å². The number of hydrogen-bond acceptors (Lipinski definition) is 3. The number of anilines is 1. The van der Waals surface area contributed by atoms with E-state index in [1.54, 1.807) is 17.4 Å². The SMILES string of the molecule is Cc1nc(C)c(Cc2ccc(N)cc2Cl)s1. The third-order valence-corrected chi connectivity index (χ3v) is 3.85. The molecule has 0 radical (unpaired) electrons. The number of rotatable bonds is 2. The van der Waals surface area contributed by atoms with E-state index in [1.807, 2.05) is 26.0 Å². The van der Waals surface area contributed by atoms with Crippen molar-refractivity contribution in [3.8, 4) is 0 Å². The van der Waals surface area contributed by atoms with Crippen molar-refractivity contribution >= 4 is 28.6 Å². The lowest BCUT2D eigenvalue weighted by atomic mass is 10.1. The van der Waals surface area contributed by atoms with E-state index in [2.05, 4.69) is 4.98 Å². The molecule has 0 aliphatic heterocycles. The van der Waals surface area contributed by atoms with Gasteiger partial charge in [-0.3, -0.25) is 0 Å². The van der Waals surface area contributed by atoms with Crippen LogP contribution in [0.4, 0.5) is 5.69 Å². The Labute approximate surface area is 104 Å². The molecule has 0 unspecified atom stereocenters. The maximum atomic E-state index is 6.14. The Morgan fingerprint density at radius 3 is 2.69 bits per heavy atom. The van der Waals surface area contributed by atoms with E-state index < -0.39 is 0 Å². The first-order valence-electron chi connectivity index (χ1n) is 5.03. The number of aryl methyl sites for hydroxylation is 2. The number of nitrogens with zero attached hydrogens (tertiary/aromatic N) is 1. The molecule has 0 saturated carbocycles. The number of nitrogens with two attached hydrogens (primary N) is 1. The number of benzene rings is 1. The molecule has 0 aliphatic carbocycles. The van der Waals surface area contributed by atoms with Crippen LogP contribution in [0.5, 0.6) is 0 Å². The summed E-state index contributed by atoms with van der Waals surface area (Å²) in [6.45, 7) is 4.05. The molecule has 1 heterocycles. The first kappa shape index (κ1) is 11.4. The van der Waals surface area contributed by atoms with E-state index in [-0.39, 0.29) is 0 Å². The van der Waals surface area contributed by atoms with E-state index in [0.717, 1.165) is 27.7 Å². The molecule has 0 atom stereocenters. The van der Waals surface area contributed by atoms with Gasteiger partial charge in [-0.25, -0.2) is 4.98 Å². The van der Waals surface area contributed by atoms with Crippen molar-refractivity contribution in [1.82, 2.24) is 4.98 Å². The standard InChI is InChI=1S/C12H13ClN2S/c1-7-12(16-8(2)15-7)5-9-3-4-10(14)6-11(9)13/h3-4,6H,5,14H2,1-2H3. The molecule has 0 amide bonds. The number of nitrogen functional groups attached to an aromatic ring is 1. The average molecular weight is 253 g/mol. The summed E-state index contributed by atoms with van der Waals surface area (Å²) in [5.41, 5.74) is 8.55. The highest BCUT2D eigenvalue weighted by Gasteiger charge is 2.08. The fourth-order valence-corrected chi connectivity index (χ4v) is 2.83. The van der Waals surface area contributed by atoms with Crippen LogP contribution in [-0.2, 0) is 6.42 Å².